The molecule has 0 fully saturated rings. The molecule has 11 heteroatoms. The molecule has 8 nitrogen and oxygen atoms in total. The van der Waals surface area contributed by atoms with Crippen molar-refractivity contribution in [2.75, 3.05) is 19.5 Å². The molecule has 1 aromatic carbocycles. The monoisotopic (exact) mass is 423 g/mol. The lowest BCUT2D eigenvalue weighted by Crippen LogP contribution is -2.82. The maximum atomic E-state index is 14.5. The first-order valence-electron chi connectivity index (χ1n) is 8.88. The normalized spacial score (nSPS) is 11.3. The molecule has 1 heterocycles. The highest BCUT2D eigenvalue weighted by molar-refractivity contribution is 5.94. The topological polar surface area (TPSA) is 117 Å². The fourth-order valence-electron chi connectivity index (χ4n) is 2.52. The number of aryl methyl sites for hydroxylation is 2. The van der Waals surface area contributed by atoms with Gasteiger partial charge in [0.1, 0.15) is 11.9 Å². The third kappa shape index (κ3) is 6.27. The molecule has 0 unspecified atom stereocenters. The number of hydrogen-bond donors (Lipinski definition) is 4. The molecule has 160 valence electrons. The van der Waals surface area contributed by atoms with Crippen molar-refractivity contribution in [2.24, 2.45) is 0 Å². The van der Waals surface area contributed by atoms with Crippen LogP contribution in [0.25, 0.3) is 0 Å². The number of ether oxygens (including phenoxy) is 1. The van der Waals surface area contributed by atoms with Crippen LogP contribution in [0.4, 0.5) is 19.1 Å². The number of quaternary nitrogens is 1. The molecule has 0 aliphatic carbocycles. The van der Waals surface area contributed by atoms with E-state index in [1.165, 1.54) is 38.7 Å². The molecular formula is C19H22F3N6O2+. The summed E-state index contributed by atoms with van der Waals surface area (Å²) in [5, 5.41) is 13.0. The maximum Gasteiger partial charge on any atom is 0.382 e. The summed E-state index contributed by atoms with van der Waals surface area (Å²) in [5.41, 5.74) is 1.40. The zero-order valence-electron chi connectivity index (χ0n) is 16.4. The van der Waals surface area contributed by atoms with E-state index in [9.17, 15) is 18.0 Å². The van der Waals surface area contributed by atoms with Crippen molar-refractivity contribution in [2.45, 2.75) is 19.4 Å². The second kappa shape index (κ2) is 10.9. The Kier molecular flexibility index (Phi) is 8.29. The molecular weight excluding hydrogens is 401 g/mol. The summed E-state index contributed by atoms with van der Waals surface area (Å²) < 4.78 is 44.0. The Bertz CT molecular complexity index is 919. The number of carbonyl (C=O) groups is 1. The number of aromatic nitrogens is 2. The van der Waals surface area contributed by atoms with Crippen LogP contribution in [-0.2, 0) is 12.8 Å². The van der Waals surface area contributed by atoms with Crippen LogP contribution in [0.15, 0.2) is 36.4 Å². The second-order valence-corrected chi connectivity index (χ2v) is 6.06. The standard InChI is InChI=1S/C19H21F3N6O2/c1-24-17(29)13-5-12(16(20)15(6-13)30-2)4-3-11-8-26-19(27-9-11)28-14(7-23)10-25-18(21)22/h5-10,18,23,25H,3-4H2,1-2H3,(H,24,29)(H,26,27,28)/p+1/b14-10+,23-7?. The van der Waals surface area contributed by atoms with E-state index >= 15 is 0 Å². The van der Waals surface area contributed by atoms with Gasteiger partial charge in [0.15, 0.2) is 11.6 Å². The van der Waals surface area contributed by atoms with Crippen LogP contribution in [0, 0.1) is 11.2 Å². The Morgan fingerprint density at radius 3 is 2.57 bits per heavy atom. The Morgan fingerprint density at radius 2 is 2.00 bits per heavy atom. The number of anilines is 1. The molecule has 1 amide bonds. The number of nitrogens with zero attached hydrogens (tertiary/aromatic N) is 2. The van der Waals surface area contributed by atoms with Gasteiger partial charge in [-0.15, -0.1) is 0 Å². The summed E-state index contributed by atoms with van der Waals surface area (Å²) in [4.78, 5) is 20.0. The minimum Gasteiger partial charge on any atom is -0.494 e. The quantitative estimate of drug-likeness (QED) is 0.341. The van der Waals surface area contributed by atoms with Crippen molar-refractivity contribution in [3.8, 4) is 5.75 Å². The average molecular weight is 423 g/mol. The van der Waals surface area contributed by atoms with Crippen LogP contribution >= 0.6 is 0 Å². The van der Waals surface area contributed by atoms with E-state index in [0.717, 1.165) is 12.4 Å². The molecule has 0 atom stereocenters. The van der Waals surface area contributed by atoms with E-state index < -0.39 is 12.4 Å². The smallest absolute Gasteiger partial charge is 0.382 e. The van der Waals surface area contributed by atoms with Gasteiger partial charge in [-0.1, -0.05) is 0 Å². The lowest BCUT2D eigenvalue weighted by atomic mass is 10.0. The van der Waals surface area contributed by atoms with E-state index in [2.05, 4.69) is 20.6 Å². The molecule has 2 aromatic rings. The molecule has 0 saturated carbocycles. The van der Waals surface area contributed by atoms with Crippen LogP contribution in [0.2, 0.25) is 0 Å². The van der Waals surface area contributed by atoms with Gasteiger partial charge in [-0.3, -0.25) is 10.1 Å². The fourth-order valence-corrected chi connectivity index (χ4v) is 2.52. The third-order valence-corrected chi connectivity index (χ3v) is 4.04. The number of alkyl halides is 2. The molecule has 0 bridgehead atoms. The summed E-state index contributed by atoms with van der Waals surface area (Å²) in [7, 11) is 2.81. The van der Waals surface area contributed by atoms with E-state index in [0.29, 0.717) is 22.9 Å². The first kappa shape index (κ1) is 22.8. The molecule has 0 saturated heterocycles. The molecule has 0 aliphatic heterocycles. The Hall–Kier alpha value is -3.47. The average Bonchev–Trinajstić information content (AvgIpc) is 2.76. The summed E-state index contributed by atoms with van der Waals surface area (Å²) >= 11 is 0. The third-order valence-electron chi connectivity index (χ3n) is 4.04. The van der Waals surface area contributed by atoms with Gasteiger partial charge in [0.25, 0.3) is 5.91 Å². The first-order valence-corrected chi connectivity index (χ1v) is 8.88. The molecule has 5 N–H and O–H groups in total. The van der Waals surface area contributed by atoms with Gasteiger partial charge in [-0.05, 0) is 36.1 Å². The SMILES string of the molecule is CNC(=O)c1cc(CCc2cnc(N/C(C=N)=C/[NH2+]C(F)F)nc2)c(F)c(OC)c1. The Morgan fingerprint density at radius 1 is 1.30 bits per heavy atom. The number of rotatable bonds is 10. The van der Waals surface area contributed by atoms with Gasteiger partial charge in [0, 0.05) is 31.2 Å². The van der Waals surface area contributed by atoms with Crippen molar-refractivity contribution in [1.82, 2.24) is 15.3 Å². The highest BCUT2D eigenvalue weighted by Gasteiger charge is 2.15. The van der Waals surface area contributed by atoms with E-state index in [4.69, 9.17) is 10.1 Å². The molecule has 2 rings (SSSR count). The van der Waals surface area contributed by atoms with E-state index in [1.807, 2.05) is 0 Å². The number of allylic oxidation sites excluding steroid dienone is 1. The molecule has 1 aromatic heterocycles. The molecule has 30 heavy (non-hydrogen) atoms. The van der Waals surface area contributed by atoms with E-state index in [1.54, 1.807) is 0 Å². The van der Waals surface area contributed by atoms with Gasteiger partial charge in [0.05, 0.1) is 7.11 Å². The van der Waals surface area contributed by atoms with Crippen LogP contribution in [-0.4, -0.2) is 42.8 Å². The van der Waals surface area contributed by atoms with Crippen molar-refractivity contribution in [3.63, 3.8) is 0 Å². The van der Waals surface area contributed by atoms with Crippen LogP contribution in [0.1, 0.15) is 21.5 Å². The molecule has 0 spiro atoms. The van der Waals surface area contributed by atoms with Crippen molar-refractivity contribution in [1.29, 1.82) is 5.41 Å². The zero-order chi connectivity index (χ0) is 22.1. The van der Waals surface area contributed by atoms with Gasteiger partial charge in [0.2, 0.25) is 5.95 Å². The van der Waals surface area contributed by atoms with Gasteiger partial charge in [-0.25, -0.2) is 14.4 Å². The lowest BCUT2D eigenvalue weighted by Gasteiger charge is -2.11. The summed E-state index contributed by atoms with van der Waals surface area (Å²) in [5.74, 6) is -0.785. The van der Waals surface area contributed by atoms with Crippen molar-refractivity contribution >= 4 is 18.1 Å². The minimum absolute atomic E-state index is 0.0199. The number of hydrogen-bond acceptors (Lipinski definition) is 6. The number of nitrogens with two attached hydrogens (primary N) is 1. The number of nitrogens with one attached hydrogen (secondary N) is 3. The number of halogens is 3. The van der Waals surface area contributed by atoms with Crippen molar-refractivity contribution in [3.05, 3.63) is 58.9 Å². The zero-order valence-corrected chi connectivity index (χ0v) is 16.4. The fraction of sp³-hybridized carbons (Fsp3) is 0.263. The number of benzene rings is 1. The number of methoxy groups -OCH3 is 1. The van der Waals surface area contributed by atoms with Gasteiger partial charge >= 0.3 is 6.55 Å². The maximum absolute atomic E-state index is 14.5. The Labute approximate surface area is 171 Å². The number of amides is 1. The van der Waals surface area contributed by atoms with Crippen LogP contribution < -0.4 is 20.7 Å². The Balaban J connectivity index is 2.09. The van der Waals surface area contributed by atoms with Gasteiger partial charge < -0.3 is 20.8 Å². The molecule has 0 aliphatic rings. The largest absolute Gasteiger partial charge is 0.494 e. The first-order chi connectivity index (χ1) is 14.4. The predicted octanol–water partition coefficient (Wildman–Crippen LogP) is 1.46. The summed E-state index contributed by atoms with van der Waals surface area (Å²) in [6.07, 6.45) is 5.61. The van der Waals surface area contributed by atoms with Gasteiger partial charge in [-0.2, -0.15) is 8.78 Å². The minimum atomic E-state index is -2.63. The second-order valence-electron chi connectivity index (χ2n) is 6.06. The highest BCUT2D eigenvalue weighted by Crippen LogP contribution is 2.24. The van der Waals surface area contributed by atoms with Crippen molar-refractivity contribution < 1.29 is 28.0 Å². The van der Waals surface area contributed by atoms with Crippen LogP contribution in [0.5, 0.6) is 5.75 Å². The lowest BCUT2D eigenvalue weighted by molar-refractivity contribution is -0.681. The highest BCUT2D eigenvalue weighted by atomic mass is 19.3. The molecule has 0 radical (unpaired) electrons. The number of carbonyl (C=O) groups excluding carboxylic acids is 1. The van der Waals surface area contributed by atoms with E-state index in [-0.39, 0.29) is 35.3 Å². The predicted molar refractivity (Wildman–Crippen MR) is 104 cm³/mol. The summed E-state index contributed by atoms with van der Waals surface area (Å²) in [6.45, 7) is -2.63. The van der Waals surface area contributed by atoms with Crippen LogP contribution in [0.3, 0.4) is 0 Å². The summed E-state index contributed by atoms with van der Waals surface area (Å²) in [6, 6.07) is 2.80.